The maximum atomic E-state index is 13.4. The average molecular weight is 431 g/mol. The number of rotatable bonds is 7. The number of carbonyl (C=O) groups excluding carboxylic acids is 1. The van der Waals surface area contributed by atoms with Gasteiger partial charge in [0.15, 0.2) is 0 Å². The van der Waals surface area contributed by atoms with E-state index in [-0.39, 0.29) is 11.6 Å². The Hall–Kier alpha value is -4.33. The summed E-state index contributed by atoms with van der Waals surface area (Å²) in [6.45, 7) is 0. The number of amides is 1. The van der Waals surface area contributed by atoms with Crippen molar-refractivity contribution in [3.63, 3.8) is 0 Å². The van der Waals surface area contributed by atoms with Gasteiger partial charge in [0, 0.05) is 23.5 Å². The molecule has 1 atom stereocenters. The first-order valence-electron chi connectivity index (χ1n) is 9.85. The number of non-ortho nitro benzene ring substituents is 1. The van der Waals surface area contributed by atoms with Crippen LogP contribution in [0.5, 0.6) is 11.5 Å². The van der Waals surface area contributed by atoms with Gasteiger partial charge in [-0.2, -0.15) is 0 Å². The second-order valence-corrected chi connectivity index (χ2v) is 7.10. The van der Waals surface area contributed by atoms with E-state index < -0.39 is 11.0 Å². The van der Waals surface area contributed by atoms with Gasteiger partial charge < -0.3 is 14.8 Å². The van der Waals surface area contributed by atoms with E-state index >= 15 is 0 Å². The van der Waals surface area contributed by atoms with Crippen LogP contribution in [0.25, 0.3) is 0 Å². The van der Waals surface area contributed by atoms with Gasteiger partial charge in [-0.15, -0.1) is 0 Å². The molecule has 1 amide bonds. The SMILES string of the molecule is COc1ccc(NC2=C[C@H](c3cccc([N+](=O)[O-])c3)N(c3ccc(OC)cc3)C2=O)cc1. The Morgan fingerprint density at radius 3 is 2.16 bits per heavy atom. The number of nitrogens with one attached hydrogen (secondary N) is 1. The van der Waals surface area contributed by atoms with Crippen LogP contribution in [0.15, 0.2) is 84.6 Å². The molecule has 0 aromatic heterocycles. The van der Waals surface area contributed by atoms with Crippen LogP contribution < -0.4 is 19.7 Å². The monoisotopic (exact) mass is 431 g/mol. The molecule has 1 aliphatic heterocycles. The molecule has 162 valence electrons. The van der Waals surface area contributed by atoms with E-state index in [4.69, 9.17) is 9.47 Å². The predicted octanol–water partition coefficient (Wildman–Crippen LogP) is 4.70. The molecule has 8 nitrogen and oxygen atoms in total. The fourth-order valence-corrected chi connectivity index (χ4v) is 3.57. The Kier molecular flexibility index (Phi) is 5.76. The molecular weight excluding hydrogens is 410 g/mol. The molecule has 4 rings (SSSR count). The van der Waals surface area contributed by atoms with Gasteiger partial charge in [-0.1, -0.05) is 12.1 Å². The zero-order valence-corrected chi connectivity index (χ0v) is 17.5. The van der Waals surface area contributed by atoms with Crippen LogP contribution in [0.3, 0.4) is 0 Å². The lowest BCUT2D eigenvalue weighted by Crippen LogP contribution is -2.30. The van der Waals surface area contributed by atoms with Gasteiger partial charge in [-0.05, 0) is 60.2 Å². The number of ether oxygens (including phenoxy) is 2. The number of anilines is 2. The molecule has 0 spiro atoms. The summed E-state index contributed by atoms with van der Waals surface area (Å²) in [5.41, 5.74) is 2.35. The number of nitro benzene ring substituents is 1. The number of hydrogen-bond donors (Lipinski definition) is 1. The zero-order chi connectivity index (χ0) is 22.7. The lowest BCUT2D eigenvalue weighted by Gasteiger charge is -2.25. The molecule has 0 aliphatic carbocycles. The van der Waals surface area contributed by atoms with E-state index in [0.29, 0.717) is 28.4 Å². The fourth-order valence-electron chi connectivity index (χ4n) is 3.57. The molecule has 0 fully saturated rings. The van der Waals surface area contributed by atoms with Crippen LogP contribution in [-0.2, 0) is 4.79 Å². The molecule has 0 saturated heterocycles. The molecular formula is C24H21N3O5. The smallest absolute Gasteiger partial charge is 0.275 e. The first-order valence-corrected chi connectivity index (χ1v) is 9.85. The van der Waals surface area contributed by atoms with Gasteiger partial charge >= 0.3 is 0 Å². The van der Waals surface area contributed by atoms with Gasteiger partial charge in [0.1, 0.15) is 17.2 Å². The van der Waals surface area contributed by atoms with E-state index in [0.717, 1.165) is 5.69 Å². The number of carbonyl (C=O) groups is 1. The van der Waals surface area contributed by atoms with Crippen molar-refractivity contribution < 1.29 is 19.2 Å². The largest absolute Gasteiger partial charge is 0.497 e. The van der Waals surface area contributed by atoms with Crippen LogP contribution in [0.4, 0.5) is 17.1 Å². The second kappa shape index (κ2) is 8.81. The van der Waals surface area contributed by atoms with Gasteiger partial charge in [0.05, 0.1) is 25.2 Å². The third-order valence-corrected chi connectivity index (χ3v) is 5.19. The highest BCUT2D eigenvalue weighted by atomic mass is 16.6. The van der Waals surface area contributed by atoms with E-state index in [2.05, 4.69) is 5.32 Å². The highest BCUT2D eigenvalue weighted by molar-refractivity contribution is 6.11. The lowest BCUT2D eigenvalue weighted by molar-refractivity contribution is -0.384. The van der Waals surface area contributed by atoms with Crippen LogP contribution in [0, 0.1) is 10.1 Å². The average Bonchev–Trinajstić information content (AvgIpc) is 3.15. The summed E-state index contributed by atoms with van der Waals surface area (Å²) in [5.74, 6) is 1.12. The van der Waals surface area contributed by atoms with E-state index in [1.54, 1.807) is 73.7 Å². The van der Waals surface area contributed by atoms with E-state index in [1.807, 2.05) is 12.1 Å². The van der Waals surface area contributed by atoms with Crippen molar-refractivity contribution in [1.29, 1.82) is 0 Å². The molecule has 1 heterocycles. The molecule has 3 aromatic rings. The predicted molar refractivity (Wildman–Crippen MR) is 121 cm³/mol. The molecule has 3 aromatic carbocycles. The minimum absolute atomic E-state index is 0.0328. The molecule has 0 radical (unpaired) electrons. The van der Waals surface area contributed by atoms with Crippen molar-refractivity contribution in [1.82, 2.24) is 0 Å². The summed E-state index contributed by atoms with van der Waals surface area (Å²) in [6.07, 6.45) is 1.77. The standard InChI is InChI=1S/C24H21N3O5/c1-31-20-10-6-17(7-11-20)25-22-15-23(16-4-3-5-19(14-16)27(29)30)26(24(22)28)18-8-12-21(32-2)13-9-18/h3-15,23,25H,1-2H3/t23-/m1/s1. The molecule has 1 N–H and O–H groups in total. The van der Waals surface area contributed by atoms with Crippen LogP contribution >= 0.6 is 0 Å². The maximum Gasteiger partial charge on any atom is 0.275 e. The summed E-state index contributed by atoms with van der Waals surface area (Å²) in [7, 11) is 3.15. The summed E-state index contributed by atoms with van der Waals surface area (Å²) < 4.78 is 10.4. The lowest BCUT2D eigenvalue weighted by atomic mass is 10.1. The van der Waals surface area contributed by atoms with Crippen molar-refractivity contribution in [2.75, 3.05) is 24.4 Å². The first-order chi connectivity index (χ1) is 15.5. The summed E-state index contributed by atoms with van der Waals surface area (Å²) in [6, 6.07) is 20.1. The molecule has 8 heteroatoms. The summed E-state index contributed by atoms with van der Waals surface area (Å²) in [4.78, 5) is 25.8. The van der Waals surface area contributed by atoms with Crippen molar-refractivity contribution in [2.24, 2.45) is 0 Å². The fraction of sp³-hybridized carbons (Fsp3) is 0.125. The second-order valence-electron chi connectivity index (χ2n) is 7.10. The maximum absolute atomic E-state index is 13.4. The highest BCUT2D eigenvalue weighted by Gasteiger charge is 2.35. The molecule has 32 heavy (non-hydrogen) atoms. The quantitative estimate of drug-likeness (QED) is 0.431. The van der Waals surface area contributed by atoms with Crippen molar-refractivity contribution in [3.05, 3.63) is 100 Å². The molecule has 0 unspecified atom stereocenters. The first kappa shape index (κ1) is 20.9. The van der Waals surface area contributed by atoms with Gasteiger partial charge in [-0.25, -0.2) is 0 Å². The Bertz CT molecular complexity index is 1170. The number of benzene rings is 3. The van der Waals surface area contributed by atoms with Crippen molar-refractivity contribution in [2.45, 2.75) is 6.04 Å². The van der Waals surface area contributed by atoms with Crippen LogP contribution in [0.1, 0.15) is 11.6 Å². The van der Waals surface area contributed by atoms with Gasteiger partial charge in [0.2, 0.25) is 0 Å². The van der Waals surface area contributed by atoms with E-state index in [9.17, 15) is 14.9 Å². The van der Waals surface area contributed by atoms with Crippen molar-refractivity contribution >= 4 is 23.0 Å². The molecule has 0 bridgehead atoms. The van der Waals surface area contributed by atoms with Crippen LogP contribution in [-0.4, -0.2) is 25.1 Å². The minimum atomic E-state index is -0.517. The Labute approximate surface area is 184 Å². The van der Waals surface area contributed by atoms with E-state index in [1.165, 1.54) is 12.1 Å². The molecule has 1 aliphatic rings. The third-order valence-electron chi connectivity index (χ3n) is 5.19. The number of methoxy groups -OCH3 is 2. The van der Waals surface area contributed by atoms with Crippen LogP contribution in [0.2, 0.25) is 0 Å². The number of nitro groups is 1. The zero-order valence-electron chi connectivity index (χ0n) is 17.5. The number of nitrogens with zero attached hydrogens (tertiary/aromatic N) is 2. The normalized spacial score (nSPS) is 15.3. The Balaban J connectivity index is 1.72. The Morgan fingerprint density at radius 2 is 1.56 bits per heavy atom. The van der Waals surface area contributed by atoms with Gasteiger partial charge in [-0.3, -0.25) is 19.8 Å². The van der Waals surface area contributed by atoms with Crippen molar-refractivity contribution in [3.8, 4) is 11.5 Å². The molecule has 0 saturated carbocycles. The Morgan fingerprint density at radius 1 is 0.938 bits per heavy atom. The topological polar surface area (TPSA) is 93.9 Å². The number of hydrogen-bond acceptors (Lipinski definition) is 6. The summed E-state index contributed by atoms with van der Waals surface area (Å²) >= 11 is 0. The minimum Gasteiger partial charge on any atom is -0.497 e. The third kappa shape index (κ3) is 4.11. The van der Waals surface area contributed by atoms with Gasteiger partial charge in [0.25, 0.3) is 11.6 Å². The summed E-state index contributed by atoms with van der Waals surface area (Å²) in [5, 5.41) is 14.4. The highest BCUT2D eigenvalue weighted by Crippen LogP contribution is 2.37.